The van der Waals surface area contributed by atoms with Gasteiger partial charge in [-0.15, -0.1) is 12.4 Å². The fourth-order valence-corrected chi connectivity index (χ4v) is 1.76. The van der Waals surface area contributed by atoms with E-state index in [0.717, 1.165) is 24.1 Å². The van der Waals surface area contributed by atoms with Gasteiger partial charge < -0.3 is 11.1 Å². The standard InChI is InChI=1S/C11H12F3N3.ClH/c12-11(13,14)8-3-1-7(2-4-8)9-5-6-16-10(15)17-9;/h1-4,9H,5-6H2,(H3,15,16,17);1H. The van der Waals surface area contributed by atoms with Gasteiger partial charge in [0.2, 0.25) is 0 Å². The molecule has 0 amide bonds. The molecule has 1 aromatic carbocycles. The minimum atomic E-state index is -4.29. The fourth-order valence-electron chi connectivity index (χ4n) is 1.76. The predicted molar refractivity (Wildman–Crippen MR) is 65.7 cm³/mol. The van der Waals surface area contributed by atoms with Crippen LogP contribution in [0, 0.1) is 0 Å². The Bertz CT molecular complexity index is 428. The van der Waals surface area contributed by atoms with Crippen LogP contribution in [0.5, 0.6) is 0 Å². The van der Waals surface area contributed by atoms with E-state index in [4.69, 9.17) is 5.73 Å². The first kappa shape index (κ1) is 14.6. The third-order valence-corrected chi connectivity index (χ3v) is 2.66. The van der Waals surface area contributed by atoms with Gasteiger partial charge in [0, 0.05) is 6.54 Å². The Morgan fingerprint density at radius 3 is 2.33 bits per heavy atom. The summed E-state index contributed by atoms with van der Waals surface area (Å²) in [4.78, 5) is 3.97. The molecule has 2 rings (SSSR count). The summed E-state index contributed by atoms with van der Waals surface area (Å²) in [5.74, 6) is 0.334. The van der Waals surface area contributed by atoms with Crippen LogP contribution in [-0.4, -0.2) is 12.5 Å². The Morgan fingerprint density at radius 2 is 1.83 bits per heavy atom. The minimum absolute atomic E-state index is 0. The van der Waals surface area contributed by atoms with E-state index in [9.17, 15) is 13.2 Å². The maximum absolute atomic E-state index is 12.4. The second-order valence-electron chi connectivity index (χ2n) is 3.87. The minimum Gasteiger partial charge on any atom is -0.370 e. The maximum atomic E-state index is 12.4. The molecule has 0 saturated heterocycles. The number of benzene rings is 1. The van der Waals surface area contributed by atoms with Crippen molar-refractivity contribution in [1.82, 2.24) is 5.32 Å². The number of hydrogen-bond acceptors (Lipinski definition) is 3. The Labute approximate surface area is 109 Å². The molecule has 1 aliphatic heterocycles. The number of halogens is 4. The van der Waals surface area contributed by atoms with E-state index >= 15 is 0 Å². The summed E-state index contributed by atoms with van der Waals surface area (Å²) < 4.78 is 37.1. The molecule has 100 valence electrons. The monoisotopic (exact) mass is 279 g/mol. The zero-order valence-electron chi connectivity index (χ0n) is 9.37. The van der Waals surface area contributed by atoms with Crippen LogP contribution in [0.2, 0.25) is 0 Å². The lowest BCUT2D eigenvalue weighted by atomic mass is 10.0. The van der Waals surface area contributed by atoms with Crippen LogP contribution >= 0.6 is 12.4 Å². The van der Waals surface area contributed by atoms with E-state index < -0.39 is 11.7 Å². The van der Waals surface area contributed by atoms with Crippen LogP contribution in [0.4, 0.5) is 13.2 Å². The molecule has 0 aliphatic carbocycles. The van der Waals surface area contributed by atoms with E-state index in [-0.39, 0.29) is 18.4 Å². The van der Waals surface area contributed by atoms with Crippen LogP contribution in [-0.2, 0) is 6.18 Å². The molecule has 0 bridgehead atoms. The molecule has 0 spiro atoms. The average molecular weight is 280 g/mol. The van der Waals surface area contributed by atoms with E-state index in [2.05, 4.69) is 10.3 Å². The summed E-state index contributed by atoms with van der Waals surface area (Å²) in [5.41, 5.74) is 5.67. The van der Waals surface area contributed by atoms with Crippen molar-refractivity contribution in [1.29, 1.82) is 0 Å². The van der Waals surface area contributed by atoms with Crippen LogP contribution in [0.25, 0.3) is 0 Å². The number of alkyl halides is 3. The van der Waals surface area contributed by atoms with E-state index in [1.54, 1.807) is 0 Å². The molecule has 7 heteroatoms. The second kappa shape index (κ2) is 5.48. The smallest absolute Gasteiger partial charge is 0.370 e. The molecule has 1 unspecified atom stereocenters. The molecule has 1 heterocycles. The number of nitrogens with one attached hydrogen (secondary N) is 1. The molecule has 1 atom stereocenters. The molecule has 0 radical (unpaired) electrons. The molecule has 18 heavy (non-hydrogen) atoms. The van der Waals surface area contributed by atoms with Gasteiger partial charge in [-0.1, -0.05) is 12.1 Å². The van der Waals surface area contributed by atoms with Gasteiger partial charge in [0.15, 0.2) is 5.96 Å². The van der Waals surface area contributed by atoms with Crippen molar-refractivity contribution in [2.75, 3.05) is 6.54 Å². The highest BCUT2D eigenvalue weighted by Gasteiger charge is 2.30. The van der Waals surface area contributed by atoms with Gasteiger partial charge in [-0.3, -0.25) is 4.99 Å². The van der Waals surface area contributed by atoms with Crippen molar-refractivity contribution >= 4 is 18.4 Å². The van der Waals surface area contributed by atoms with Crippen molar-refractivity contribution < 1.29 is 13.2 Å². The zero-order valence-corrected chi connectivity index (χ0v) is 10.2. The molecule has 1 aliphatic rings. The van der Waals surface area contributed by atoms with Gasteiger partial charge in [-0.05, 0) is 24.1 Å². The highest BCUT2D eigenvalue weighted by molar-refractivity contribution is 5.85. The topological polar surface area (TPSA) is 50.4 Å². The van der Waals surface area contributed by atoms with Gasteiger partial charge in [-0.2, -0.15) is 13.2 Å². The second-order valence-corrected chi connectivity index (χ2v) is 3.87. The molecule has 3 N–H and O–H groups in total. The van der Waals surface area contributed by atoms with Gasteiger partial charge in [0.25, 0.3) is 0 Å². The first-order valence-electron chi connectivity index (χ1n) is 5.20. The first-order valence-corrected chi connectivity index (χ1v) is 5.20. The normalized spacial score (nSPS) is 19.5. The van der Waals surface area contributed by atoms with Gasteiger partial charge in [-0.25, -0.2) is 0 Å². The Morgan fingerprint density at radius 1 is 1.22 bits per heavy atom. The highest BCUT2D eigenvalue weighted by atomic mass is 35.5. The highest BCUT2D eigenvalue weighted by Crippen LogP contribution is 2.30. The number of hydrogen-bond donors (Lipinski definition) is 2. The number of rotatable bonds is 1. The Hall–Kier alpha value is -1.43. The lowest BCUT2D eigenvalue weighted by molar-refractivity contribution is -0.137. The summed E-state index contributed by atoms with van der Waals surface area (Å²) in [7, 11) is 0. The number of aliphatic imine (C=N–C) groups is 1. The predicted octanol–water partition coefficient (Wildman–Crippen LogP) is 2.48. The van der Waals surface area contributed by atoms with Gasteiger partial charge in [0.05, 0.1) is 11.6 Å². The summed E-state index contributed by atoms with van der Waals surface area (Å²) >= 11 is 0. The first-order chi connectivity index (χ1) is 7.97. The summed E-state index contributed by atoms with van der Waals surface area (Å²) in [5, 5.41) is 2.94. The molecule has 1 aromatic rings. The number of nitrogens with zero attached hydrogens (tertiary/aromatic N) is 1. The zero-order chi connectivity index (χ0) is 12.5. The van der Waals surface area contributed by atoms with Crippen LogP contribution in [0.1, 0.15) is 23.6 Å². The van der Waals surface area contributed by atoms with Crippen molar-refractivity contribution in [2.24, 2.45) is 10.7 Å². The van der Waals surface area contributed by atoms with Crippen LogP contribution in [0.3, 0.4) is 0 Å². The molecule has 0 fully saturated rings. The third kappa shape index (κ3) is 3.29. The average Bonchev–Trinajstić information content (AvgIpc) is 2.28. The van der Waals surface area contributed by atoms with Crippen LogP contribution < -0.4 is 11.1 Å². The fraction of sp³-hybridized carbons (Fsp3) is 0.364. The number of nitrogens with two attached hydrogens (primary N) is 1. The van der Waals surface area contributed by atoms with Gasteiger partial charge >= 0.3 is 6.18 Å². The van der Waals surface area contributed by atoms with Crippen molar-refractivity contribution in [2.45, 2.75) is 18.6 Å². The lowest BCUT2D eigenvalue weighted by Crippen LogP contribution is -2.38. The molecule has 0 aromatic heterocycles. The summed E-state index contributed by atoms with van der Waals surface area (Å²) in [6, 6.07) is 5.05. The quantitative estimate of drug-likeness (QED) is 0.830. The Balaban J connectivity index is 0.00000162. The van der Waals surface area contributed by atoms with Crippen molar-refractivity contribution in [3.63, 3.8) is 0 Å². The van der Waals surface area contributed by atoms with E-state index in [0.29, 0.717) is 12.5 Å². The molecular weight excluding hydrogens is 267 g/mol. The summed E-state index contributed by atoms with van der Waals surface area (Å²) in [6.07, 6.45) is -3.56. The SMILES string of the molecule is Cl.NC1=NCCC(c2ccc(C(F)(F)F)cc2)N1. The molecule has 0 saturated carbocycles. The van der Waals surface area contributed by atoms with Crippen molar-refractivity contribution in [3.05, 3.63) is 35.4 Å². The Kier molecular flexibility index (Phi) is 4.45. The third-order valence-electron chi connectivity index (χ3n) is 2.66. The molecule has 3 nitrogen and oxygen atoms in total. The van der Waals surface area contributed by atoms with Crippen molar-refractivity contribution in [3.8, 4) is 0 Å². The van der Waals surface area contributed by atoms with Gasteiger partial charge in [0.1, 0.15) is 0 Å². The van der Waals surface area contributed by atoms with Crippen LogP contribution in [0.15, 0.2) is 29.3 Å². The maximum Gasteiger partial charge on any atom is 0.416 e. The summed E-state index contributed by atoms with van der Waals surface area (Å²) in [6.45, 7) is 0.588. The number of guanidine groups is 1. The van der Waals surface area contributed by atoms with E-state index in [1.807, 2.05) is 0 Å². The molecular formula is C11H13ClF3N3. The largest absolute Gasteiger partial charge is 0.416 e. The van der Waals surface area contributed by atoms with E-state index in [1.165, 1.54) is 12.1 Å². The lowest BCUT2D eigenvalue weighted by Gasteiger charge is -2.23.